The molecule has 134 valence electrons. The Kier molecular flexibility index (Phi) is 7.06. The average molecular weight is 334 g/mol. The van der Waals surface area contributed by atoms with E-state index in [2.05, 4.69) is 10.2 Å². The smallest absolute Gasteiger partial charge is 0.256 e. The Balaban J connectivity index is 1.93. The van der Waals surface area contributed by atoms with Crippen molar-refractivity contribution < 1.29 is 14.3 Å². The number of anilines is 1. The van der Waals surface area contributed by atoms with Crippen LogP contribution in [0.3, 0.4) is 0 Å². The van der Waals surface area contributed by atoms with Crippen LogP contribution in [0.4, 0.5) is 5.69 Å². The van der Waals surface area contributed by atoms with E-state index in [0.29, 0.717) is 13.2 Å². The summed E-state index contributed by atoms with van der Waals surface area (Å²) in [7, 11) is 4.03. The van der Waals surface area contributed by atoms with Crippen molar-refractivity contribution in [1.29, 1.82) is 0 Å². The number of carbonyl (C=O) groups excluding carboxylic acids is 1. The van der Waals surface area contributed by atoms with Gasteiger partial charge in [-0.2, -0.15) is 0 Å². The quantitative estimate of drug-likeness (QED) is 0.792. The lowest BCUT2D eigenvalue weighted by Crippen LogP contribution is -2.47. The van der Waals surface area contributed by atoms with Crippen LogP contribution in [-0.4, -0.2) is 50.3 Å². The second-order valence-corrected chi connectivity index (χ2v) is 6.62. The number of carbonyl (C=O) groups is 1. The van der Waals surface area contributed by atoms with Gasteiger partial charge in [-0.15, -0.1) is 0 Å². The third kappa shape index (κ3) is 5.21. The van der Waals surface area contributed by atoms with Crippen LogP contribution in [0.1, 0.15) is 39.0 Å². The fraction of sp³-hybridized carbons (Fsp3) is 0.632. The monoisotopic (exact) mass is 334 g/mol. The molecule has 1 fully saturated rings. The zero-order chi connectivity index (χ0) is 17.4. The van der Waals surface area contributed by atoms with Crippen LogP contribution in [0.15, 0.2) is 24.3 Å². The molecule has 2 rings (SSSR count). The lowest BCUT2D eigenvalue weighted by molar-refractivity contribution is -0.145. The predicted molar refractivity (Wildman–Crippen MR) is 96.6 cm³/mol. The summed E-state index contributed by atoms with van der Waals surface area (Å²) in [4.78, 5) is 14.8. The molecular weight excluding hydrogens is 304 g/mol. The Labute approximate surface area is 145 Å². The number of hydrogen-bond donors (Lipinski definition) is 1. The molecule has 1 aromatic rings. The maximum Gasteiger partial charge on any atom is 0.256 e. The van der Waals surface area contributed by atoms with Crippen molar-refractivity contribution in [3.8, 4) is 5.75 Å². The van der Waals surface area contributed by atoms with E-state index >= 15 is 0 Å². The van der Waals surface area contributed by atoms with Gasteiger partial charge in [0.2, 0.25) is 0 Å². The SMILES string of the molecule is CCOC1(C(=O)Nc2ccc(OCCN(C)C)cc2)CCCCC1. The van der Waals surface area contributed by atoms with E-state index in [1.807, 2.05) is 45.3 Å². The van der Waals surface area contributed by atoms with Crippen molar-refractivity contribution in [2.45, 2.75) is 44.6 Å². The largest absolute Gasteiger partial charge is 0.492 e. The molecule has 0 heterocycles. The fourth-order valence-corrected chi connectivity index (χ4v) is 3.06. The highest BCUT2D eigenvalue weighted by Crippen LogP contribution is 2.33. The maximum atomic E-state index is 12.7. The van der Waals surface area contributed by atoms with Gasteiger partial charge in [-0.05, 0) is 58.1 Å². The Morgan fingerprint density at radius 2 is 1.83 bits per heavy atom. The minimum atomic E-state index is -0.659. The maximum absolute atomic E-state index is 12.7. The molecular formula is C19H30N2O3. The molecule has 1 saturated carbocycles. The highest BCUT2D eigenvalue weighted by molar-refractivity contribution is 5.97. The van der Waals surface area contributed by atoms with Crippen LogP contribution in [0.2, 0.25) is 0 Å². The second-order valence-electron chi connectivity index (χ2n) is 6.62. The van der Waals surface area contributed by atoms with Crippen LogP contribution in [0.25, 0.3) is 0 Å². The zero-order valence-electron chi connectivity index (χ0n) is 15.1. The molecule has 1 aliphatic rings. The van der Waals surface area contributed by atoms with Gasteiger partial charge in [0.25, 0.3) is 5.91 Å². The molecule has 0 bridgehead atoms. The molecule has 0 aromatic heterocycles. The molecule has 0 aliphatic heterocycles. The van der Waals surface area contributed by atoms with E-state index in [9.17, 15) is 4.79 Å². The van der Waals surface area contributed by atoms with Gasteiger partial charge in [0, 0.05) is 18.8 Å². The molecule has 5 nitrogen and oxygen atoms in total. The molecule has 5 heteroatoms. The summed E-state index contributed by atoms with van der Waals surface area (Å²) < 4.78 is 11.5. The minimum Gasteiger partial charge on any atom is -0.492 e. The molecule has 1 aromatic carbocycles. The normalized spacial score (nSPS) is 16.8. The number of nitrogens with zero attached hydrogens (tertiary/aromatic N) is 1. The molecule has 0 atom stereocenters. The summed E-state index contributed by atoms with van der Waals surface area (Å²) >= 11 is 0. The van der Waals surface area contributed by atoms with Crippen molar-refractivity contribution >= 4 is 11.6 Å². The zero-order valence-corrected chi connectivity index (χ0v) is 15.1. The van der Waals surface area contributed by atoms with E-state index in [1.54, 1.807) is 0 Å². The van der Waals surface area contributed by atoms with Gasteiger partial charge in [0.1, 0.15) is 18.0 Å². The first-order chi connectivity index (χ1) is 11.6. The summed E-state index contributed by atoms with van der Waals surface area (Å²) in [6.07, 6.45) is 4.88. The molecule has 0 radical (unpaired) electrons. The second kappa shape index (κ2) is 9.04. The van der Waals surface area contributed by atoms with Crippen LogP contribution in [0, 0.1) is 0 Å². The summed E-state index contributed by atoms with van der Waals surface area (Å²) in [5, 5.41) is 3.01. The first-order valence-electron chi connectivity index (χ1n) is 8.89. The van der Waals surface area contributed by atoms with Crippen molar-refractivity contribution in [3.63, 3.8) is 0 Å². The van der Waals surface area contributed by atoms with E-state index in [4.69, 9.17) is 9.47 Å². The first-order valence-corrected chi connectivity index (χ1v) is 8.89. The highest BCUT2D eigenvalue weighted by Gasteiger charge is 2.40. The van der Waals surface area contributed by atoms with E-state index in [0.717, 1.165) is 43.7 Å². The van der Waals surface area contributed by atoms with Crippen LogP contribution >= 0.6 is 0 Å². The summed E-state index contributed by atoms with van der Waals surface area (Å²) in [6.45, 7) is 4.02. The lowest BCUT2D eigenvalue weighted by Gasteiger charge is -2.35. The van der Waals surface area contributed by atoms with Crippen molar-refractivity contribution in [2.24, 2.45) is 0 Å². The van der Waals surface area contributed by atoms with E-state index in [1.165, 1.54) is 6.42 Å². The standard InChI is InChI=1S/C19H30N2O3/c1-4-24-19(12-6-5-7-13-19)18(22)20-16-8-10-17(11-9-16)23-15-14-21(2)3/h8-11H,4-7,12-15H2,1-3H3,(H,20,22). The molecule has 24 heavy (non-hydrogen) atoms. The third-order valence-corrected chi connectivity index (χ3v) is 4.42. The average Bonchev–Trinajstić information content (AvgIpc) is 2.57. The number of benzene rings is 1. The first kappa shape index (κ1) is 18.7. The number of amides is 1. The summed E-state index contributed by atoms with van der Waals surface area (Å²) in [6, 6.07) is 7.54. The molecule has 1 N–H and O–H groups in total. The van der Waals surface area contributed by atoms with Crippen molar-refractivity contribution in [1.82, 2.24) is 4.90 Å². The number of likely N-dealkylation sites (N-methyl/N-ethyl adjacent to an activating group) is 1. The minimum absolute atomic E-state index is 0.0228. The highest BCUT2D eigenvalue weighted by atomic mass is 16.5. The molecule has 0 unspecified atom stereocenters. The van der Waals surface area contributed by atoms with Crippen LogP contribution in [-0.2, 0) is 9.53 Å². The number of hydrogen-bond acceptors (Lipinski definition) is 4. The Hall–Kier alpha value is -1.59. The Morgan fingerprint density at radius 3 is 2.42 bits per heavy atom. The van der Waals surface area contributed by atoms with Crippen molar-refractivity contribution in [3.05, 3.63) is 24.3 Å². The van der Waals surface area contributed by atoms with Gasteiger partial charge in [-0.25, -0.2) is 0 Å². The fourth-order valence-electron chi connectivity index (χ4n) is 3.06. The molecule has 1 aliphatic carbocycles. The van der Waals surface area contributed by atoms with Gasteiger partial charge in [0.05, 0.1) is 0 Å². The lowest BCUT2D eigenvalue weighted by atomic mass is 9.83. The summed E-state index contributed by atoms with van der Waals surface area (Å²) in [5.74, 6) is 0.789. The number of rotatable bonds is 8. The van der Waals surface area contributed by atoms with E-state index in [-0.39, 0.29) is 5.91 Å². The van der Waals surface area contributed by atoms with Gasteiger partial charge >= 0.3 is 0 Å². The van der Waals surface area contributed by atoms with E-state index < -0.39 is 5.60 Å². The van der Waals surface area contributed by atoms with Crippen LogP contribution < -0.4 is 10.1 Å². The Morgan fingerprint density at radius 1 is 1.17 bits per heavy atom. The van der Waals surface area contributed by atoms with Gasteiger partial charge in [0.15, 0.2) is 0 Å². The van der Waals surface area contributed by atoms with Gasteiger partial charge in [-0.3, -0.25) is 4.79 Å². The van der Waals surface area contributed by atoms with Crippen LogP contribution in [0.5, 0.6) is 5.75 Å². The number of ether oxygens (including phenoxy) is 2. The Bertz CT molecular complexity index is 502. The van der Waals surface area contributed by atoms with Gasteiger partial charge in [-0.1, -0.05) is 19.3 Å². The topological polar surface area (TPSA) is 50.8 Å². The molecule has 0 spiro atoms. The summed E-state index contributed by atoms with van der Waals surface area (Å²) in [5.41, 5.74) is 0.123. The van der Waals surface area contributed by atoms with Crippen molar-refractivity contribution in [2.75, 3.05) is 39.2 Å². The number of nitrogens with one attached hydrogen (secondary N) is 1. The predicted octanol–water partition coefficient (Wildman–Crippen LogP) is 3.30. The molecule has 1 amide bonds. The van der Waals surface area contributed by atoms with Gasteiger partial charge < -0.3 is 19.7 Å². The molecule has 0 saturated heterocycles. The third-order valence-electron chi connectivity index (χ3n) is 4.42.